The molecule has 0 saturated carbocycles. The zero-order valence-corrected chi connectivity index (χ0v) is 14.4. The lowest BCUT2D eigenvalue weighted by Gasteiger charge is -2.40. The first kappa shape index (κ1) is 19.3. The molecule has 136 valence electrons. The Labute approximate surface area is 151 Å². The lowest BCUT2D eigenvalue weighted by atomic mass is 10.0. The molecule has 4 nitrogen and oxygen atoms in total. The number of para-hydroxylation sites is 2. The first-order valence-corrected chi connectivity index (χ1v) is 8.55. The van der Waals surface area contributed by atoms with Gasteiger partial charge >= 0.3 is 0 Å². The maximum Gasteiger partial charge on any atom is 0.142 e. The summed E-state index contributed by atoms with van der Waals surface area (Å²) in [7, 11) is 1.72. The van der Waals surface area contributed by atoms with Crippen molar-refractivity contribution in [3.63, 3.8) is 0 Å². The summed E-state index contributed by atoms with van der Waals surface area (Å²) < 4.78 is 5.47. The minimum Gasteiger partial charge on any atom is -0.495 e. The van der Waals surface area contributed by atoms with Crippen LogP contribution in [0.1, 0.15) is 26.0 Å². The highest BCUT2D eigenvalue weighted by atomic mass is 16.5. The van der Waals surface area contributed by atoms with Gasteiger partial charge in [-0.1, -0.05) is 49.9 Å². The summed E-state index contributed by atoms with van der Waals surface area (Å²) in [5, 5.41) is 10.6. The van der Waals surface area contributed by atoms with Gasteiger partial charge in [-0.2, -0.15) is 0 Å². The number of rotatable bonds is 5. The van der Waals surface area contributed by atoms with Crippen molar-refractivity contribution in [2.45, 2.75) is 26.5 Å². The zero-order chi connectivity index (χ0) is 16.9. The summed E-state index contributed by atoms with van der Waals surface area (Å²) in [4.78, 5) is 4.72. The fourth-order valence-corrected chi connectivity index (χ4v) is 3.39. The third kappa shape index (κ3) is 4.33. The molecule has 1 aliphatic rings. The fraction of sp³-hybridized carbons (Fsp3) is 0.429. The van der Waals surface area contributed by atoms with E-state index in [-0.39, 0.29) is 13.5 Å². The molecular weight excluding hydrogens is 312 g/mol. The average Bonchev–Trinajstić information content (AvgIpc) is 2.67. The van der Waals surface area contributed by atoms with Gasteiger partial charge in [-0.25, -0.2) is 0 Å². The Morgan fingerprint density at radius 3 is 2.16 bits per heavy atom. The second-order valence-electron chi connectivity index (χ2n) is 6.29. The minimum atomic E-state index is -0.455. The Morgan fingerprint density at radius 2 is 1.52 bits per heavy atom. The maximum atomic E-state index is 10.6. The Hall–Kier alpha value is -2.04. The van der Waals surface area contributed by atoms with Gasteiger partial charge in [-0.05, 0) is 24.6 Å². The van der Waals surface area contributed by atoms with E-state index in [1.165, 1.54) is 0 Å². The number of anilines is 1. The molecule has 1 N–H and O–H groups in total. The third-order valence-electron chi connectivity index (χ3n) is 4.91. The molecular formula is C21H30N2O2. The van der Waals surface area contributed by atoms with E-state index in [0.717, 1.165) is 43.2 Å². The van der Waals surface area contributed by atoms with E-state index >= 15 is 0 Å². The van der Waals surface area contributed by atoms with Gasteiger partial charge in [-0.15, -0.1) is 0 Å². The Bertz CT molecular complexity index is 639. The highest BCUT2D eigenvalue weighted by molar-refractivity contribution is 5.58. The lowest BCUT2D eigenvalue weighted by molar-refractivity contribution is 0.0545. The number of aliphatic hydroxyl groups is 1. The maximum absolute atomic E-state index is 10.6. The van der Waals surface area contributed by atoms with E-state index in [9.17, 15) is 5.11 Å². The summed E-state index contributed by atoms with van der Waals surface area (Å²) in [6, 6.07) is 18.2. The third-order valence-corrected chi connectivity index (χ3v) is 4.91. The van der Waals surface area contributed by atoms with Crippen LogP contribution in [0, 0.1) is 0 Å². The van der Waals surface area contributed by atoms with Crippen molar-refractivity contribution in [2.75, 3.05) is 38.2 Å². The van der Waals surface area contributed by atoms with Crippen LogP contribution in [0.3, 0.4) is 0 Å². The van der Waals surface area contributed by atoms with Crippen molar-refractivity contribution < 1.29 is 9.84 Å². The molecule has 0 aromatic heterocycles. The number of ether oxygens (including phenoxy) is 1. The molecule has 2 atom stereocenters. The summed E-state index contributed by atoms with van der Waals surface area (Å²) in [5.41, 5.74) is 2.13. The molecule has 1 heterocycles. The molecule has 1 fully saturated rings. The predicted octanol–water partition coefficient (Wildman–Crippen LogP) is 3.58. The van der Waals surface area contributed by atoms with E-state index < -0.39 is 6.10 Å². The number of methoxy groups -OCH3 is 1. The van der Waals surface area contributed by atoms with Crippen LogP contribution in [0.5, 0.6) is 5.75 Å². The minimum absolute atomic E-state index is 0. The second kappa shape index (κ2) is 8.88. The first-order valence-electron chi connectivity index (χ1n) is 8.55. The Morgan fingerprint density at radius 1 is 0.920 bits per heavy atom. The molecule has 0 bridgehead atoms. The Balaban J connectivity index is 0.00000225. The van der Waals surface area contributed by atoms with Crippen LogP contribution in [0.4, 0.5) is 5.69 Å². The molecule has 3 rings (SSSR count). The van der Waals surface area contributed by atoms with E-state index in [1.54, 1.807) is 7.11 Å². The molecule has 0 aliphatic carbocycles. The van der Waals surface area contributed by atoms with Crippen LogP contribution in [0.2, 0.25) is 0 Å². The number of hydrogen-bond donors (Lipinski definition) is 1. The highest BCUT2D eigenvalue weighted by Gasteiger charge is 2.27. The van der Waals surface area contributed by atoms with Crippen LogP contribution in [0.25, 0.3) is 0 Å². The average molecular weight is 342 g/mol. The topological polar surface area (TPSA) is 35.9 Å². The summed E-state index contributed by atoms with van der Waals surface area (Å²) in [5.74, 6) is 0.920. The Kier molecular flexibility index (Phi) is 6.85. The SMILES string of the molecule is C.COc1ccccc1N1CCN([C@@H](C)[C@H](O)c2ccccc2)CC1. The number of piperazine rings is 1. The molecule has 0 unspecified atom stereocenters. The van der Waals surface area contributed by atoms with Gasteiger partial charge in [0.1, 0.15) is 5.75 Å². The first-order chi connectivity index (χ1) is 11.7. The van der Waals surface area contributed by atoms with Gasteiger partial charge < -0.3 is 14.7 Å². The van der Waals surface area contributed by atoms with Gasteiger partial charge in [0.05, 0.1) is 18.9 Å². The standard InChI is InChI=1S/C20H26N2O2.CH4/c1-16(20(23)17-8-4-3-5-9-17)21-12-14-22(15-13-21)18-10-6-7-11-19(18)24-2;/h3-11,16,20,23H,12-15H2,1-2H3;1H4/t16-,20-;/m0./s1. The van der Waals surface area contributed by atoms with E-state index in [4.69, 9.17) is 4.74 Å². The van der Waals surface area contributed by atoms with Crippen molar-refractivity contribution in [3.05, 3.63) is 60.2 Å². The number of hydrogen-bond acceptors (Lipinski definition) is 4. The molecule has 25 heavy (non-hydrogen) atoms. The van der Waals surface area contributed by atoms with Gasteiger partial charge in [0, 0.05) is 32.2 Å². The molecule has 2 aromatic rings. The lowest BCUT2D eigenvalue weighted by Crippen LogP contribution is -2.51. The molecule has 0 radical (unpaired) electrons. The molecule has 0 amide bonds. The largest absolute Gasteiger partial charge is 0.495 e. The summed E-state index contributed by atoms with van der Waals surface area (Å²) in [6.07, 6.45) is -0.455. The second-order valence-corrected chi connectivity index (χ2v) is 6.29. The number of benzene rings is 2. The van der Waals surface area contributed by atoms with E-state index in [0.29, 0.717) is 0 Å². The van der Waals surface area contributed by atoms with E-state index in [1.807, 2.05) is 48.5 Å². The molecule has 0 spiro atoms. The molecule has 2 aromatic carbocycles. The smallest absolute Gasteiger partial charge is 0.142 e. The van der Waals surface area contributed by atoms with Crippen LogP contribution in [0.15, 0.2) is 54.6 Å². The number of nitrogens with zero attached hydrogens (tertiary/aromatic N) is 2. The zero-order valence-electron chi connectivity index (χ0n) is 14.4. The van der Waals surface area contributed by atoms with Crippen LogP contribution in [-0.2, 0) is 0 Å². The molecule has 4 heteroatoms. The van der Waals surface area contributed by atoms with Gasteiger partial charge in [0.25, 0.3) is 0 Å². The van der Waals surface area contributed by atoms with Crippen molar-refractivity contribution >= 4 is 5.69 Å². The van der Waals surface area contributed by atoms with Crippen LogP contribution < -0.4 is 9.64 Å². The van der Waals surface area contributed by atoms with Crippen molar-refractivity contribution in [1.29, 1.82) is 0 Å². The quantitative estimate of drug-likeness (QED) is 0.901. The van der Waals surface area contributed by atoms with Crippen molar-refractivity contribution in [3.8, 4) is 5.75 Å². The van der Waals surface area contributed by atoms with Crippen LogP contribution >= 0.6 is 0 Å². The van der Waals surface area contributed by atoms with Crippen molar-refractivity contribution in [1.82, 2.24) is 4.90 Å². The summed E-state index contributed by atoms with van der Waals surface area (Å²) in [6.45, 7) is 5.85. The van der Waals surface area contributed by atoms with Gasteiger partial charge in [-0.3, -0.25) is 4.90 Å². The highest BCUT2D eigenvalue weighted by Crippen LogP contribution is 2.29. The van der Waals surface area contributed by atoms with Gasteiger partial charge in [0.15, 0.2) is 0 Å². The predicted molar refractivity (Wildman–Crippen MR) is 104 cm³/mol. The number of aliphatic hydroxyl groups excluding tert-OH is 1. The van der Waals surface area contributed by atoms with Crippen LogP contribution in [-0.4, -0.2) is 49.3 Å². The fourth-order valence-electron chi connectivity index (χ4n) is 3.39. The van der Waals surface area contributed by atoms with Gasteiger partial charge in [0.2, 0.25) is 0 Å². The molecule has 1 saturated heterocycles. The monoisotopic (exact) mass is 342 g/mol. The molecule has 1 aliphatic heterocycles. The summed E-state index contributed by atoms with van der Waals surface area (Å²) >= 11 is 0. The van der Waals surface area contributed by atoms with E-state index in [2.05, 4.69) is 22.8 Å². The van der Waals surface area contributed by atoms with Crippen molar-refractivity contribution in [2.24, 2.45) is 0 Å². The normalized spacial score (nSPS) is 17.5.